The van der Waals surface area contributed by atoms with Gasteiger partial charge in [-0.1, -0.05) is 20.8 Å². The second-order valence-corrected chi connectivity index (χ2v) is 7.18. The Bertz CT molecular complexity index is 209. The van der Waals surface area contributed by atoms with Crippen molar-refractivity contribution in [3.05, 3.63) is 0 Å². The molecule has 0 spiro atoms. The molecule has 0 bridgehead atoms. The first-order valence-corrected chi connectivity index (χ1v) is 6.45. The van der Waals surface area contributed by atoms with Crippen LogP contribution in [0, 0.1) is 5.41 Å². The summed E-state index contributed by atoms with van der Waals surface area (Å²) in [6.07, 6.45) is 0.748. The largest absolute Gasteiger partial charge is 0.325 e. The van der Waals surface area contributed by atoms with Gasteiger partial charge in [-0.25, -0.2) is 0 Å². The summed E-state index contributed by atoms with van der Waals surface area (Å²) in [5.41, 5.74) is -0.448. The van der Waals surface area contributed by atoms with Crippen LogP contribution in [0.1, 0.15) is 41.0 Å². The van der Waals surface area contributed by atoms with E-state index in [1.807, 2.05) is 13.8 Å². The van der Waals surface area contributed by atoms with Crippen LogP contribution in [0.3, 0.4) is 0 Å². The van der Waals surface area contributed by atoms with E-state index in [1.54, 1.807) is 0 Å². The summed E-state index contributed by atoms with van der Waals surface area (Å²) >= 11 is 0. The molecule has 0 aliphatic rings. The van der Waals surface area contributed by atoms with E-state index >= 15 is 0 Å². The highest BCUT2D eigenvalue weighted by atomic mass is 31.2. The van der Waals surface area contributed by atoms with Gasteiger partial charge in [-0.3, -0.25) is 4.57 Å². The molecule has 0 heterocycles. The molecule has 0 rings (SSSR count). The molecular formula is C9H21O3P. The van der Waals surface area contributed by atoms with E-state index in [-0.39, 0.29) is 5.41 Å². The Hall–Kier alpha value is 0.150. The van der Waals surface area contributed by atoms with Crippen LogP contribution >= 0.6 is 7.60 Å². The van der Waals surface area contributed by atoms with Gasteiger partial charge in [0.05, 0.1) is 5.60 Å². The van der Waals surface area contributed by atoms with Crippen molar-refractivity contribution < 1.29 is 14.0 Å². The van der Waals surface area contributed by atoms with Gasteiger partial charge < -0.3 is 9.42 Å². The third kappa shape index (κ3) is 8.48. The molecule has 0 radical (unpaired) electrons. The molecule has 0 fully saturated rings. The fraction of sp³-hybridized carbons (Fsp3) is 1.00. The van der Waals surface area contributed by atoms with Crippen LogP contribution < -0.4 is 0 Å². The van der Waals surface area contributed by atoms with E-state index in [2.05, 4.69) is 20.8 Å². The van der Waals surface area contributed by atoms with Crippen molar-refractivity contribution in [2.75, 3.05) is 6.66 Å². The summed E-state index contributed by atoms with van der Waals surface area (Å²) in [7, 11) is -3.37. The average Bonchev–Trinajstić information content (AvgIpc) is 1.43. The monoisotopic (exact) mass is 208 g/mol. The Morgan fingerprint density at radius 2 is 1.62 bits per heavy atom. The average molecular weight is 208 g/mol. The highest BCUT2D eigenvalue weighted by Crippen LogP contribution is 2.45. The maximum Gasteiger partial charge on any atom is 0.325 e. The van der Waals surface area contributed by atoms with Crippen molar-refractivity contribution in [2.45, 2.75) is 46.6 Å². The fourth-order valence-corrected chi connectivity index (χ4v) is 2.75. The van der Waals surface area contributed by atoms with E-state index in [1.165, 1.54) is 6.66 Å². The van der Waals surface area contributed by atoms with Crippen LogP contribution in [0.15, 0.2) is 0 Å². The normalized spacial score (nSPS) is 18.4. The highest BCUT2D eigenvalue weighted by molar-refractivity contribution is 7.51. The van der Waals surface area contributed by atoms with Gasteiger partial charge in [-0.2, -0.15) is 0 Å². The number of hydrogen-bond donors (Lipinski definition) is 1. The van der Waals surface area contributed by atoms with Crippen molar-refractivity contribution in [2.24, 2.45) is 5.41 Å². The Morgan fingerprint density at radius 3 is 1.85 bits per heavy atom. The Kier molecular flexibility index (Phi) is 3.76. The molecule has 3 nitrogen and oxygen atoms in total. The lowest BCUT2D eigenvalue weighted by Gasteiger charge is -2.32. The van der Waals surface area contributed by atoms with Gasteiger partial charge in [0.15, 0.2) is 0 Å². The first-order valence-electron chi connectivity index (χ1n) is 4.42. The first kappa shape index (κ1) is 13.2. The van der Waals surface area contributed by atoms with Gasteiger partial charge >= 0.3 is 7.60 Å². The molecule has 0 aromatic rings. The van der Waals surface area contributed by atoms with E-state index in [4.69, 9.17) is 9.42 Å². The molecular weight excluding hydrogens is 187 g/mol. The van der Waals surface area contributed by atoms with Crippen LogP contribution in [0.25, 0.3) is 0 Å². The minimum atomic E-state index is -3.37. The second kappa shape index (κ2) is 3.72. The zero-order chi connectivity index (χ0) is 10.9. The van der Waals surface area contributed by atoms with Crippen molar-refractivity contribution in [1.82, 2.24) is 0 Å². The predicted octanol–water partition coefficient (Wildman–Crippen LogP) is 3.03. The van der Waals surface area contributed by atoms with Crippen molar-refractivity contribution >= 4 is 7.60 Å². The molecule has 0 aliphatic carbocycles. The lowest BCUT2D eigenvalue weighted by molar-refractivity contribution is 0.0525. The van der Waals surface area contributed by atoms with Crippen LogP contribution in [0.4, 0.5) is 0 Å². The minimum Gasteiger partial charge on any atom is -0.324 e. The maximum absolute atomic E-state index is 11.0. The first-order chi connectivity index (χ1) is 5.41. The molecule has 0 aliphatic heterocycles. The van der Waals surface area contributed by atoms with Gasteiger partial charge in [0, 0.05) is 6.66 Å². The van der Waals surface area contributed by atoms with Crippen molar-refractivity contribution in [3.8, 4) is 0 Å². The van der Waals surface area contributed by atoms with Gasteiger partial charge in [0.2, 0.25) is 0 Å². The number of rotatable bonds is 3. The van der Waals surface area contributed by atoms with E-state index in [0.29, 0.717) is 0 Å². The zero-order valence-corrected chi connectivity index (χ0v) is 10.3. The summed E-state index contributed by atoms with van der Waals surface area (Å²) < 4.78 is 16.2. The number of hydrogen-bond acceptors (Lipinski definition) is 2. The second-order valence-electron chi connectivity index (χ2n) is 5.39. The van der Waals surface area contributed by atoms with Gasteiger partial charge in [0.1, 0.15) is 0 Å². The molecule has 4 heteroatoms. The molecule has 1 atom stereocenters. The van der Waals surface area contributed by atoms with Crippen molar-refractivity contribution in [1.29, 1.82) is 0 Å². The smallest absolute Gasteiger partial charge is 0.324 e. The summed E-state index contributed by atoms with van der Waals surface area (Å²) in [6, 6.07) is 0. The molecule has 1 N–H and O–H groups in total. The summed E-state index contributed by atoms with van der Waals surface area (Å²) in [4.78, 5) is 9.08. The molecule has 13 heavy (non-hydrogen) atoms. The quantitative estimate of drug-likeness (QED) is 0.725. The highest BCUT2D eigenvalue weighted by Gasteiger charge is 2.31. The molecule has 0 aromatic heterocycles. The Labute approximate surface area is 81.0 Å². The maximum atomic E-state index is 11.0. The van der Waals surface area contributed by atoms with E-state index < -0.39 is 13.2 Å². The Balaban J connectivity index is 4.34. The Morgan fingerprint density at radius 1 is 1.23 bits per heavy atom. The molecule has 0 aromatic carbocycles. The SMILES string of the molecule is CC(C)(C)CC(C)(C)OP(C)(=O)O. The van der Waals surface area contributed by atoms with E-state index in [9.17, 15) is 4.57 Å². The fourth-order valence-electron chi connectivity index (χ4n) is 1.77. The van der Waals surface area contributed by atoms with Crippen molar-refractivity contribution in [3.63, 3.8) is 0 Å². The lowest BCUT2D eigenvalue weighted by Crippen LogP contribution is -2.29. The lowest BCUT2D eigenvalue weighted by atomic mass is 9.84. The molecule has 1 unspecified atom stereocenters. The van der Waals surface area contributed by atoms with Gasteiger partial charge in [-0.15, -0.1) is 0 Å². The van der Waals surface area contributed by atoms with Crippen LogP contribution in [0.5, 0.6) is 0 Å². The minimum absolute atomic E-state index is 0.0959. The van der Waals surface area contributed by atoms with Crippen LogP contribution in [-0.4, -0.2) is 17.2 Å². The topological polar surface area (TPSA) is 46.5 Å². The predicted molar refractivity (Wildman–Crippen MR) is 55.0 cm³/mol. The third-order valence-electron chi connectivity index (χ3n) is 1.37. The van der Waals surface area contributed by atoms with Gasteiger partial charge in [-0.05, 0) is 25.7 Å². The summed E-state index contributed by atoms with van der Waals surface area (Å²) in [5, 5.41) is 0. The van der Waals surface area contributed by atoms with Crippen LogP contribution in [0.2, 0.25) is 0 Å². The van der Waals surface area contributed by atoms with Gasteiger partial charge in [0.25, 0.3) is 0 Å². The summed E-state index contributed by atoms with van der Waals surface area (Å²) in [5.74, 6) is 0. The standard InChI is InChI=1S/C9H21O3P/c1-8(2,3)7-9(4,5)12-13(6,10)11/h7H2,1-6H3,(H,10,11). The molecule has 0 saturated carbocycles. The van der Waals surface area contributed by atoms with Crippen LogP contribution in [-0.2, 0) is 9.09 Å². The third-order valence-corrected chi connectivity index (χ3v) is 2.21. The molecule has 0 saturated heterocycles. The van der Waals surface area contributed by atoms with E-state index in [0.717, 1.165) is 6.42 Å². The molecule has 0 amide bonds. The molecule has 80 valence electrons. The summed E-state index contributed by atoms with van der Waals surface area (Å²) in [6.45, 7) is 11.1. The zero-order valence-electron chi connectivity index (χ0n) is 9.42.